The lowest BCUT2D eigenvalue weighted by molar-refractivity contribution is 0.104. The van der Waals surface area contributed by atoms with Crippen LogP contribution in [-0.2, 0) is 0 Å². The molecule has 2 heterocycles. The van der Waals surface area contributed by atoms with E-state index in [0.29, 0.717) is 68.2 Å². The van der Waals surface area contributed by atoms with Gasteiger partial charge in [-0.1, -0.05) is 24.3 Å². The summed E-state index contributed by atoms with van der Waals surface area (Å²) < 4.78 is 0. The SMILES string of the molecule is Cl.NCCN(CCN)c1nc(Nc2ccc3c(c2)-c2ccccc2C3=O)nc(N2C[C@H](N)C[C@H](N)C2)n1. The highest BCUT2D eigenvalue weighted by atomic mass is 35.5. The molecule has 1 aromatic heterocycles. The minimum absolute atomic E-state index is 0. The van der Waals surface area contributed by atoms with Gasteiger partial charge in [-0.25, -0.2) is 0 Å². The number of halogens is 1. The maximum Gasteiger partial charge on any atom is 0.233 e. The highest BCUT2D eigenvalue weighted by Crippen LogP contribution is 2.38. The Hall–Kier alpha value is -3.35. The lowest BCUT2D eigenvalue weighted by Gasteiger charge is -2.35. The summed E-state index contributed by atoms with van der Waals surface area (Å²) in [4.78, 5) is 30.8. The van der Waals surface area contributed by atoms with Crippen molar-refractivity contribution in [3.05, 3.63) is 53.6 Å². The first-order valence-electron chi connectivity index (χ1n) is 12.2. The van der Waals surface area contributed by atoms with Gasteiger partial charge < -0.3 is 38.1 Å². The molecule has 9 N–H and O–H groups in total. The van der Waals surface area contributed by atoms with Crippen LogP contribution in [0, 0.1) is 0 Å². The Morgan fingerprint density at radius 1 is 0.892 bits per heavy atom. The molecule has 2 aromatic carbocycles. The summed E-state index contributed by atoms with van der Waals surface area (Å²) in [7, 11) is 0. The van der Waals surface area contributed by atoms with Crippen molar-refractivity contribution in [1.29, 1.82) is 0 Å². The van der Waals surface area contributed by atoms with Crippen molar-refractivity contribution in [3.8, 4) is 11.1 Å². The maximum atomic E-state index is 12.8. The molecule has 196 valence electrons. The van der Waals surface area contributed by atoms with Gasteiger partial charge in [0, 0.05) is 68.2 Å². The van der Waals surface area contributed by atoms with Gasteiger partial charge in [0.2, 0.25) is 17.8 Å². The minimum atomic E-state index is -0.0659. The van der Waals surface area contributed by atoms with Gasteiger partial charge in [-0.05, 0) is 35.7 Å². The number of nitrogens with zero attached hydrogens (tertiary/aromatic N) is 5. The first kappa shape index (κ1) is 26.7. The molecule has 1 aliphatic carbocycles. The van der Waals surface area contributed by atoms with Gasteiger partial charge in [0.15, 0.2) is 5.78 Å². The second-order valence-corrected chi connectivity index (χ2v) is 9.24. The number of aromatic nitrogens is 3. The van der Waals surface area contributed by atoms with Gasteiger partial charge in [0.05, 0.1) is 0 Å². The van der Waals surface area contributed by atoms with E-state index < -0.39 is 0 Å². The number of ketones is 1. The third kappa shape index (κ3) is 5.50. The zero-order valence-electron chi connectivity index (χ0n) is 20.5. The summed E-state index contributed by atoms with van der Waals surface area (Å²) in [6, 6.07) is 13.1. The van der Waals surface area contributed by atoms with Crippen LogP contribution in [-0.4, -0.2) is 72.1 Å². The van der Waals surface area contributed by atoms with Crippen LogP contribution < -0.4 is 38.1 Å². The predicted octanol–water partition coefficient (Wildman–Crippen LogP) is 0.837. The van der Waals surface area contributed by atoms with Crippen LogP contribution in [0.2, 0.25) is 0 Å². The van der Waals surface area contributed by atoms with E-state index in [0.717, 1.165) is 23.2 Å². The quantitative estimate of drug-likeness (QED) is 0.220. The molecule has 0 bridgehead atoms. The number of rotatable bonds is 8. The predicted molar refractivity (Wildman–Crippen MR) is 149 cm³/mol. The summed E-state index contributed by atoms with van der Waals surface area (Å²) in [5, 5.41) is 3.31. The smallest absolute Gasteiger partial charge is 0.233 e. The second-order valence-electron chi connectivity index (χ2n) is 9.24. The molecule has 0 amide bonds. The fourth-order valence-corrected chi connectivity index (χ4v) is 4.89. The highest BCUT2D eigenvalue weighted by Gasteiger charge is 2.28. The molecule has 11 nitrogen and oxygen atoms in total. The van der Waals surface area contributed by atoms with Crippen LogP contribution in [0.25, 0.3) is 11.1 Å². The van der Waals surface area contributed by atoms with Crippen molar-refractivity contribution < 1.29 is 4.79 Å². The number of carbonyl (C=O) groups is 1. The number of hydrogen-bond donors (Lipinski definition) is 5. The van der Waals surface area contributed by atoms with Gasteiger partial charge in [-0.3, -0.25) is 4.79 Å². The average Bonchev–Trinajstić information content (AvgIpc) is 3.15. The van der Waals surface area contributed by atoms with Crippen molar-refractivity contribution in [1.82, 2.24) is 15.0 Å². The molecular formula is C25H33ClN10O. The molecule has 2 atom stereocenters. The van der Waals surface area contributed by atoms with E-state index in [9.17, 15) is 4.79 Å². The molecule has 5 rings (SSSR count). The Morgan fingerprint density at radius 3 is 2.22 bits per heavy atom. The Labute approximate surface area is 222 Å². The van der Waals surface area contributed by atoms with Crippen LogP contribution in [0.1, 0.15) is 22.3 Å². The summed E-state index contributed by atoms with van der Waals surface area (Å²) in [5.74, 6) is 1.38. The van der Waals surface area contributed by atoms with Crippen LogP contribution in [0.4, 0.5) is 23.5 Å². The van der Waals surface area contributed by atoms with E-state index >= 15 is 0 Å². The Kier molecular flexibility index (Phi) is 8.20. The second kappa shape index (κ2) is 11.4. The normalized spacial score (nSPS) is 18.2. The van der Waals surface area contributed by atoms with Crippen LogP contribution in [0.3, 0.4) is 0 Å². The van der Waals surface area contributed by atoms with E-state index in [1.807, 2.05) is 52.3 Å². The van der Waals surface area contributed by atoms with E-state index in [1.165, 1.54) is 0 Å². The summed E-state index contributed by atoms with van der Waals surface area (Å²) in [6.07, 6.45) is 0.751. The third-order valence-electron chi connectivity index (χ3n) is 6.47. The van der Waals surface area contributed by atoms with Crippen LogP contribution in [0.5, 0.6) is 0 Å². The van der Waals surface area contributed by atoms with Crippen molar-refractivity contribution in [2.75, 3.05) is 54.4 Å². The summed E-state index contributed by atoms with van der Waals surface area (Å²) in [6.45, 7) is 3.17. The molecule has 3 aromatic rings. The van der Waals surface area contributed by atoms with Crippen molar-refractivity contribution in [3.63, 3.8) is 0 Å². The molecular weight excluding hydrogens is 492 g/mol. The highest BCUT2D eigenvalue weighted by molar-refractivity contribution is 6.22. The number of nitrogens with one attached hydrogen (secondary N) is 1. The maximum absolute atomic E-state index is 12.8. The molecule has 12 heteroatoms. The molecule has 2 aliphatic rings. The summed E-state index contributed by atoms with van der Waals surface area (Å²) >= 11 is 0. The lowest BCUT2D eigenvalue weighted by Crippen LogP contribution is -2.53. The van der Waals surface area contributed by atoms with Crippen molar-refractivity contribution >= 4 is 41.7 Å². The molecule has 0 spiro atoms. The minimum Gasteiger partial charge on any atom is -0.338 e. The Balaban J connectivity index is 0.00000320. The largest absolute Gasteiger partial charge is 0.338 e. The number of nitrogens with two attached hydrogens (primary N) is 4. The third-order valence-corrected chi connectivity index (χ3v) is 6.47. The summed E-state index contributed by atoms with van der Waals surface area (Å²) in [5.41, 5.74) is 28.1. The van der Waals surface area contributed by atoms with Gasteiger partial charge in [-0.15, -0.1) is 12.4 Å². The number of benzene rings is 2. The van der Waals surface area contributed by atoms with Gasteiger partial charge in [0.1, 0.15) is 0 Å². The molecule has 37 heavy (non-hydrogen) atoms. The fourth-order valence-electron chi connectivity index (χ4n) is 4.89. The van der Waals surface area contributed by atoms with Gasteiger partial charge in [-0.2, -0.15) is 15.0 Å². The van der Waals surface area contributed by atoms with Crippen molar-refractivity contribution in [2.24, 2.45) is 22.9 Å². The molecule has 1 aliphatic heterocycles. The average molecular weight is 525 g/mol. The standard InChI is InChI=1S/C25H32N10O.ClH/c26-7-9-34(10-8-27)24-31-23(32-25(33-24)35-13-15(28)11-16(29)14-35)30-17-5-6-20-21(12-17)18-3-1-2-4-19(18)22(20)36;/h1-6,12,15-16H,7-11,13-14,26-29H2,(H,30,31,32,33);1H/t15-,16+;. The molecule has 0 unspecified atom stereocenters. The van der Waals surface area contributed by atoms with Gasteiger partial charge in [0.25, 0.3) is 0 Å². The van der Waals surface area contributed by atoms with E-state index in [4.69, 9.17) is 32.9 Å². The van der Waals surface area contributed by atoms with Crippen molar-refractivity contribution in [2.45, 2.75) is 18.5 Å². The number of carbonyl (C=O) groups excluding carboxylic acids is 1. The number of anilines is 4. The Bertz CT molecular complexity index is 1260. The molecule has 0 radical (unpaired) electrons. The van der Waals surface area contributed by atoms with E-state index in [-0.39, 0.29) is 30.3 Å². The first-order chi connectivity index (χ1) is 17.5. The van der Waals surface area contributed by atoms with E-state index in [1.54, 1.807) is 0 Å². The number of piperidine rings is 1. The fraction of sp³-hybridized carbons (Fsp3) is 0.360. The number of hydrogen-bond acceptors (Lipinski definition) is 11. The molecule has 1 fully saturated rings. The van der Waals surface area contributed by atoms with Crippen LogP contribution >= 0.6 is 12.4 Å². The monoisotopic (exact) mass is 524 g/mol. The lowest BCUT2D eigenvalue weighted by atomic mass is 10.0. The first-order valence-corrected chi connectivity index (χ1v) is 12.2. The topological polar surface area (TPSA) is 178 Å². The molecule has 0 saturated carbocycles. The van der Waals surface area contributed by atoms with Crippen LogP contribution in [0.15, 0.2) is 42.5 Å². The zero-order chi connectivity index (χ0) is 25.2. The molecule has 1 saturated heterocycles. The van der Waals surface area contributed by atoms with E-state index in [2.05, 4.69) is 10.3 Å². The van der Waals surface area contributed by atoms with Gasteiger partial charge >= 0.3 is 0 Å². The Morgan fingerprint density at radius 2 is 1.54 bits per heavy atom. The number of fused-ring (bicyclic) bond motifs is 3. The zero-order valence-corrected chi connectivity index (χ0v) is 21.3.